The Hall–Kier alpha value is -3.32. The summed E-state index contributed by atoms with van der Waals surface area (Å²) in [7, 11) is 0. The van der Waals surface area contributed by atoms with Gasteiger partial charge in [-0.2, -0.15) is 0 Å². The molecule has 4 aliphatic carbocycles. The molecule has 1 N–H and O–H groups in total. The van der Waals surface area contributed by atoms with Crippen LogP contribution in [0, 0.1) is 23.2 Å². The number of amides is 4. The van der Waals surface area contributed by atoms with Gasteiger partial charge in [0.2, 0.25) is 0 Å². The van der Waals surface area contributed by atoms with Crippen LogP contribution < -0.4 is 5.32 Å². The molecule has 1 spiro atoms. The van der Waals surface area contributed by atoms with Crippen molar-refractivity contribution in [3.05, 3.63) is 70.8 Å². The zero-order chi connectivity index (χ0) is 23.7. The van der Waals surface area contributed by atoms with E-state index < -0.39 is 0 Å². The second-order valence-corrected chi connectivity index (χ2v) is 11.4. The lowest BCUT2D eigenvalue weighted by molar-refractivity contribution is 0.0313. The van der Waals surface area contributed by atoms with E-state index in [0.29, 0.717) is 59.1 Å². The second kappa shape index (κ2) is 6.26. The van der Waals surface area contributed by atoms with Gasteiger partial charge in [0, 0.05) is 24.7 Å². The Morgan fingerprint density at radius 3 is 1.66 bits per heavy atom. The average Bonchev–Trinajstić information content (AvgIpc) is 3.67. The van der Waals surface area contributed by atoms with Crippen molar-refractivity contribution in [2.45, 2.75) is 37.3 Å². The highest BCUT2D eigenvalue weighted by Crippen LogP contribution is 2.94. The van der Waals surface area contributed by atoms with Crippen molar-refractivity contribution in [2.75, 3.05) is 13.1 Å². The number of rotatable bonds is 6. The Morgan fingerprint density at radius 1 is 0.714 bits per heavy atom. The first-order chi connectivity index (χ1) is 16.9. The monoisotopic (exact) mass is 467 g/mol. The molecule has 6 aliphatic rings. The molecule has 176 valence electrons. The fourth-order valence-electron chi connectivity index (χ4n) is 7.99. The van der Waals surface area contributed by atoms with Crippen molar-refractivity contribution in [3.63, 3.8) is 0 Å². The molecule has 0 bridgehead atoms. The van der Waals surface area contributed by atoms with Crippen LogP contribution in [0.15, 0.2) is 48.5 Å². The lowest BCUT2D eigenvalue weighted by Gasteiger charge is -2.50. The van der Waals surface area contributed by atoms with Crippen LogP contribution in [-0.2, 0) is 0 Å². The maximum atomic E-state index is 12.8. The molecule has 4 saturated carbocycles. The van der Waals surface area contributed by atoms with Gasteiger partial charge in [0.25, 0.3) is 23.6 Å². The van der Waals surface area contributed by atoms with Crippen LogP contribution in [0.25, 0.3) is 0 Å². The molecule has 0 aromatic heterocycles. The van der Waals surface area contributed by atoms with Crippen LogP contribution in [0.4, 0.5) is 0 Å². The third-order valence-electron chi connectivity index (χ3n) is 9.94. The number of nitrogens with zero attached hydrogens (tertiary/aromatic N) is 2. The number of carbonyl (C=O) groups excluding carboxylic acids is 4. The van der Waals surface area contributed by atoms with Gasteiger partial charge in [0.15, 0.2) is 0 Å². The molecule has 7 nitrogen and oxygen atoms in total. The molecule has 8 rings (SSSR count). The van der Waals surface area contributed by atoms with Crippen molar-refractivity contribution in [1.82, 2.24) is 15.1 Å². The van der Waals surface area contributed by atoms with E-state index in [1.54, 1.807) is 36.4 Å². The summed E-state index contributed by atoms with van der Waals surface area (Å²) < 4.78 is 0. The number of hydrogen-bond donors (Lipinski definition) is 1. The van der Waals surface area contributed by atoms with Crippen LogP contribution in [0.5, 0.6) is 0 Å². The molecule has 2 heterocycles. The molecule has 4 unspecified atom stereocenters. The first-order valence-electron chi connectivity index (χ1n) is 12.6. The molecule has 2 aromatic rings. The largest absolute Gasteiger partial charge is 0.308 e. The number of nitrogens with one attached hydrogen (secondary N) is 1. The number of carbonyl (C=O) groups is 4. The van der Waals surface area contributed by atoms with Gasteiger partial charge in [-0.15, -0.1) is 0 Å². The SMILES string of the molecule is O=C1c2ccccc2C(=O)N1CC1CC(NC23CC(CN4C(=O)c5ccccc5C4=O)C24CC34)C1. The van der Waals surface area contributed by atoms with Gasteiger partial charge in [-0.1, -0.05) is 24.3 Å². The summed E-state index contributed by atoms with van der Waals surface area (Å²) in [5, 5.41) is 3.91. The Kier molecular flexibility index (Phi) is 3.57. The van der Waals surface area contributed by atoms with E-state index in [1.165, 1.54) is 16.2 Å². The van der Waals surface area contributed by atoms with Gasteiger partial charge >= 0.3 is 0 Å². The fraction of sp³-hybridized carbons (Fsp3) is 0.429. The molecule has 35 heavy (non-hydrogen) atoms. The summed E-state index contributed by atoms with van der Waals surface area (Å²) in [6, 6.07) is 14.6. The van der Waals surface area contributed by atoms with Gasteiger partial charge < -0.3 is 5.32 Å². The van der Waals surface area contributed by atoms with E-state index in [4.69, 9.17) is 0 Å². The van der Waals surface area contributed by atoms with Gasteiger partial charge in [-0.3, -0.25) is 29.0 Å². The minimum absolute atomic E-state index is 0.152. The number of benzene rings is 2. The molecule has 4 atom stereocenters. The second-order valence-electron chi connectivity index (χ2n) is 11.4. The standard InChI is InChI=1S/C28H25N3O4/c32-23-18-5-1-2-6-19(18)24(33)30(23)13-15-9-17(10-15)29-28-11-16(27(28)12-22(27)28)14-31-25(34)20-7-3-4-8-21(20)26(31)35/h1-8,15-17,22,29H,9-14H2. The lowest BCUT2D eigenvalue weighted by atomic mass is 9.66. The van der Waals surface area contributed by atoms with Crippen LogP contribution in [-0.4, -0.2) is 58.1 Å². The van der Waals surface area contributed by atoms with Crippen molar-refractivity contribution >= 4 is 23.6 Å². The first-order valence-corrected chi connectivity index (χ1v) is 12.6. The predicted octanol–water partition coefficient (Wildman–Crippen LogP) is 2.73. The Morgan fingerprint density at radius 2 is 1.20 bits per heavy atom. The predicted molar refractivity (Wildman–Crippen MR) is 125 cm³/mol. The smallest absolute Gasteiger partial charge is 0.261 e. The highest BCUT2D eigenvalue weighted by molar-refractivity contribution is 6.22. The first kappa shape index (κ1) is 19.9. The molecule has 2 aliphatic heterocycles. The third-order valence-corrected chi connectivity index (χ3v) is 9.94. The maximum Gasteiger partial charge on any atom is 0.261 e. The quantitative estimate of drug-likeness (QED) is 0.661. The van der Waals surface area contributed by atoms with E-state index in [2.05, 4.69) is 5.32 Å². The topological polar surface area (TPSA) is 86.8 Å². The molecule has 0 radical (unpaired) electrons. The van der Waals surface area contributed by atoms with E-state index in [9.17, 15) is 19.2 Å². The van der Waals surface area contributed by atoms with Gasteiger partial charge in [0.1, 0.15) is 0 Å². The van der Waals surface area contributed by atoms with Crippen molar-refractivity contribution in [3.8, 4) is 0 Å². The molecular formula is C28H25N3O4. The Labute approximate surface area is 202 Å². The summed E-state index contributed by atoms with van der Waals surface area (Å²) in [6.45, 7) is 1.02. The molecule has 7 heteroatoms. The normalized spacial score (nSPS) is 37.4. The summed E-state index contributed by atoms with van der Waals surface area (Å²) in [6.07, 6.45) is 4.16. The summed E-state index contributed by atoms with van der Waals surface area (Å²) in [5.74, 6) is 0.754. The molecule has 4 fully saturated rings. The van der Waals surface area contributed by atoms with E-state index in [-0.39, 0.29) is 34.6 Å². The van der Waals surface area contributed by atoms with Gasteiger partial charge in [0.05, 0.1) is 22.3 Å². The molecule has 2 aromatic carbocycles. The van der Waals surface area contributed by atoms with Crippen LogP contribution in [0.3, 0.4) is 0 Å². The zero-order valence-electron chi connectivity index (χ0n) is 19.2. The number of hydrogen-bond acceptors (Lipinski definition) is 5. The van der Waals surface area contributed by atoms with E-state index in [0.717, 1.165) is 19.3 Å². The van der Waals surface area contributed by atoms with Crippen molar-refractivity contribution in [1.29, 1.82) is 0 Å². The van der Waals surface area contributed by atoms with Crippen molar-refractivity contribution in [2.24, 2.45) is 23.2 Å². The number of fused-ring (bicyclic) bond motifs is 3. The summed E-state index contributed by atoms with van der Waals surface area (Å²) >= 11 is 0. The van der Waals surface area contributed by atoms with Gasteiger partial charge in [-0.25, -0.2) is 0 Å². The van der Waals surface area contributed by atoms with Gasteiger partial charge in [-0.05, 0) is 73.1 Å². The molecular weight excluding hydrogens is 442 g/mol. The minimum Gasteiger partial charge on any atom is -0.308 e. The number of imide groups is 2. The molecule has 0 saturated heterocycles. The zero-order valence-corrected chi connectivity index (χ0v) is 19.2. The van der Waals surface area contributed by atoms with Crippen LogP contribution >= 0.6 is 0 Å². The third kappa shape index (κ3) is 2.30. The van der Waals surface area contributed by atoms with E-state index >= 15 is 0 Å². The Bertz CT molecular complexity index is 1310. The average molecular weight is 468 g/mol. The van der Waals surface area contributed by atoms with Crippen molar-refractivity contribution < 1.29 is 19.2 Å². The summed E-state index contributed by atoms with van der Waals surface area (Å²) in [5.41, 5.74) is 2.56. The Balaban J connectivity index is 0.869. The molecule has 4 amide bonds. The lowest BCUT2D eigenvalue weighted by Crippen LogP contribution is -2.61. The highest BCUT2D eigenvalue weighted by atomic mass is 16.2. The summed E-state index contributed by atoms with van der Waals surface area (Å²) in [4.78, 5) is 53.7. The highest BCUT2D eigenvalue weighted by Gasteiger charge is 2.97. The minimum atomic E-state index is -0.169. The van der Waals surface area contributed by atoms with E-state index in [1.807, 2.05) is 12.1 Å². The van der Waals surface area contributed by atoms with Crippen LogP contribution in [0.2, 0.25) is 0 Å². The fourth-order valence-corrected chi connectivity index (χ4v) is 7.99. The van der Waals surface area contributed by atoms with Crippen LogP contribution in [0.1, 0.15) is 67.1 Å². The maximum absolute atomic E-state index is 12.8.